The van der Waals surface area contributed by atoms with Gasteiger partial charge in [-0.1, -0.05) is 63.6 Å². The number of carbonyl (C=O) groups is 1. The minimum absolute atomic E-state index is 0.0445. The zero-order valence-corrected chi connectivity index (χ0v) is 15.0. The van der Waals surface area contributed by atoms with E-state index in [1.165, 1.54) is 31.2 Å². The molecule has 0 unspecified atom stereocenters. The summed E-state index contributed by atoms with van der Waals surface area (Å²) in [5.41, 5.74) is 1.98. The smallest absolute Gasteiger partial charge is 0.246 e. The molecule has 22 heavy (non-hydrogen) atoms. The van der Waals surface area contributed by atoms with Crippen molar-refractivity contribution in [2.75, 3.05) is 12.3 Å². The van der Waals surface area contributed by atoms with E-state index in [1.807, 2.05) is 11.8 Å². The van der Waals surface area contributed by atoms with Crippen LogP contribution in [0.5, 0.6) is 0 Å². The minimum Gasteiger partial charge on any atom is -0.352 e. The van der Waals surface area contributed by atoms with Crippen molar-refractivity contribution >= 4 is 17.7 Å². The number of benzene rings is 1. The highest BCUT2D eigenvalue weighted by Crippen LogP contribution is 2.44. The van der Waals surface area contributed by atoms with E-state index in [1.54, 1.807) is 6.92 Å². The van der Waals surface area contributed by atoms with Gasteiger partial charge in [0.05, 0.1) is 0 Å². The number of thioether (sulfide) groups is 1. The number of rotatable bonds is 10. The number of hydrogen-bond acceptors (Lipinski definition) is 2. The zero-order chi connectivity index (χ0) is 16.4. The number of hydrogen-bond donors (Lipinski definition) is 1. The molecular formula is C19H29NOS. The van der Waals surface area contributed by atoms with Crippen molar-refractivity contribution in [3.63, 3.8) is 0 Å². The van der Waals surface area contributed by atoms with Crippen molar-refractivity contribution in [1.29, 1.82) is 0 Å². The van der Waals surface area contributed by atoms with E-state index in [9.17, 15) is 4.79 Å². The fourth-order valence-electron chi connectivity index (χ4n) is 2.75. The zero-order valence-electron chi connectivity index (χ0n) is 14.2. The molecule has 0 bridgehead atoms. The lowest BCUT2D eigenvalue weighted by molar-refractivity contribution is -0.117. The van der Waals surface area contributed by atoms with Crippen molar-refractivity contribution in [1.82, 2.24) is 5.32 Å². The van der Waals surface area contributed by atoms with Gasteiger partial charge in [0.15, 0.2) is 0 Å². The highest BCUT2D eigenvalue weighted by Gasteiger charge is 2.30. The van der Waals surface area contributed by atoms with E-state index in [0.717, 1.165) is 5.75 Å². The number of amides is 1. The van der Waals surface area contributed by atoms with Crippen LogP contribution in [-0.4, -0.2) is 18.2 Å². The average Bonchev–Trinajstić information content (AvgIpc) is 2.52. The molecule has 1 N–H and O–H groups in total. The molecule has 0 saturated heterocycles. The van der Waals surface area contributed by atoms with E-state index >= 15 is 0 Å². The molecular weight excluding hydrogens is 290 g/mol. The maximum atomic E-state index is 11.6. The first kappa shape index (κ1) is 18.8. The van der Waals surface area contributed by atoms with Crippen molar-refractivity contribution in [2.24, 2.45) is 0 Å². The van der Waals surface area contributed by atoms with E-state index in [-0.39, 0.29) is 10.7 Å². The Bertz CT molecular complexity index is 464. The Morgan fingerprint density at radius 2 is 1.77 bits per heavy atom. The van der Waals surface area contributed by atoms with Crippen LogP contribution in [0.3, 0.4) is 0 Å². The summed E-state index contributed by atoms with van der Waals surface area (Å²) in [7, 11) is 0. The van der Waals surface area contributed by atoms with Crippen LogP contribution < -0.4 is 5.32 Å². The van der Waals surface area contributed by atoms with E-state index in [4.69, 9.17) is 0 Å². The molecule has 0 aliphatic carbocycles. The summed E-state index contributed by atoms with van der Waals surface area (Å²) in [5, 5.41) is 2.93. The third kappa shape index (κ3) is 5.53. The van der Waals surface area contributed by atoms with Crippen LogP contribution in [0.15, 0.2) is 42.5 Å². The highest BCUT2D eigenvalue weighted by atomic mass is 32.2. The van der Waals surface area contributed by atoms with Gasteiger partial charge < -0.3 is 5.32 Å². The molecule has 0 fully saturated rings. The summed E-state index contributed by atoms with van der Waals surface area (Å²) < 4.78 is 0.165. The van der Waals surface area contributed by atoms with Crippen molar-refractivity contribution < 1.29 is 4.79 Å². The predicted octanol–water partition coefficient (Wildman–Crippen LogP) is 4.91. The first-order chi connectivity index (χ1) is 10.6. The molecule has 0 aliphatic rings. The van der Waals surface area contributed by atoms with E-state index < -0.39 is 0 Å². The first-order valence-corrected chi connectivity index (χ1v) is 9.17. The molecule has 0 heterocycles. The summed E-state index contributed by atoms with van der Waals surface area (Å²) in [6, 6.07) is 10.8. The Kier molecular flexibility index (Phi) is 8.32. The second-order valence-corrected chi connectivity index (χ2v) is 7.22. The van der Waals surface area contributed by atoms with Crippen LogP contribution >= 0.6 is 11.8 Å². The maximum Gasteiger partial charge on any atom is 0.246 e. The van der Waals surface area contributed by atoms with Gasteiger partial charge in [0.1, 0.15) is 0 Å². The van der Waals surface area contributed by atoms with E-state index in [2.05, 4.69) is 56.1 Å². The fourth-order valence-corrected chi connectivity index (χ4v) is 4.35. The number of nitrogens with one attached hydrogen (secondary N) is 1. The summed E-state index contributed by atoms with van der Waals surface area (Å²) in [4.78, 5) is 11.6. The molecule has 0 aliphatic heterocycles. The van der Waals surface area contributed by atoms with Crippen LogP contribution in [0.1, 0.15) is 52.0 Å². The standard InChI is InChI=1S/C19H29NOS/c1-5-12-19(13-6-2,17-10-8-7-9-11-17)22-15-14-20-18(21)16(3)4/h7-11H,3,5-6,12-15H2,1-2,4H3,(H,20,21). The third-order valence-corrected chi connectivity index (χ3v) is 5.37. The van der Waals surface area contributed by atoms with Crippen LogP contribution in [0.25, 0.3) is 0 Å². The molecule has 1 rings (SSSR count). The van der Waals surface area contributed by atoms with Crippen LogP contribution in [0.4, 0.5) is 0 Å². The minimum atomic E-state index is -0.0445. The largest absolute Gasteiger partial charge is 0.352 e. The van der Waals surface area contributed by atoms with Crippen LogP contribution in [0.2, 0.25) is 0 Å². The van der Waals surface area contributed by atoms with Crippen molar-refractivity contribution in [3.8, 4) is 0 Å². The SMILES string of the molecule is C=C(C)C(=O)NCCSC(CCC)(CCC)c1ccccc1. The van der Waals surface area contributed by atoms with Gasteiger partial charge in [0.25, 0.3) is 0 Å². The average molecular weight is 320 g/mol. The predicted molar refractivity (Wildman–Crippen MR) is 98.2 cm³/mol. The monoisotopic (exact) mass is 319 g/mol. The lowest BCUT2D eigenvalue weighted by Gasteiger charge is -2.34. The molecule has 0 saturated carbocycles. The van der Waals surface area contributed by atoms with Crippen molar-refractivity contribution in [2.45, 2.75) is 51.2 Å². The summed E-state index contributed by atoms with van der Waals surface area (Å²) in [6.45, 7) is 10.6. The van der Waals surface area contributed by atoms with Gasteiger partial charge >= 0.3 is 0 Å². The van der Waals surface area contributed by atoms with Crippen LogP contribution in [0, 0.1) is 0 Å². The molecule has 1 amide bonds. The lowest BCUT2D eigenvalue weighted by Crippen LogP contribution is -2.29. The molecule has 2 nitrogen and oxygen atoms in total. The van der Waals surface area contributed by atoms with Crippen molar-refractivity contribution in [3.05, 3.63) is 48.0 Å². The second-order valence-electron chi connectivity index (χ2n) is 5.75. The summed E-state index contributed by atoms with van der Waals surface area (Å²) in [6.07, 6.45) is 4.67. The Morgan fingerprint density at radius 1 is 1.18 bits per heavy atom. The van der Waals surface area contributed by atoms with Crippen LogP contribution in [-0.2, 0) is 9.54 Å². The molecule has 1 aromatic carbocycles. The first-order valence-electron chi connectivity index (χ1n) is 8.19. The second kappa shape index (κ2) is 9.73. The number of carbonyl (C=O) groups excluding carboxylic acids is 1. The molecule has 3 heteroatoms. The fraction of sp³-hybridized carbons (Fsp3) is 0.526. The van der Waals surface area contributed by atoms with Gasteiger partial charge in [-0.25, -0.2) is 0 Å². The summed E-state index contributed by atoms with van der Waals surface area (Å²) in [5.74, 6) is 0.880. The molecule has 0 aromatic heterocycles. The topological polar surface area (TPSA) is 29.1 Å². The third-order valence-electron chi connectivity index (χ3n) is 3.76. The lowest BCUT2D eigenvalue weighted by atomic mass is 9.89. The summed E-state index contributed by atoms with van der Waals surface area (Å²) >= 11 is 1.98. The Balaban J connectivity index is 2.74. The maximum absolute atomic E-state index is 11.6. The van der Waals surface area contributed by atoms with Gasteiger partial charge in [-0.3, -0.25) is 4.79 Å². The Labute approximate surface area is 139 Å². The van der Waals surface area contributed by atoms with Gasteiger partial charge in [-0.2, -0.15) is 0 Å². The molecule has 0 radical (unpaired) electrons. The van der Waals surface area contributed by atoms with E-state index in [0.29, 0.717) is 12.1 Å². The molecule has 0 atom stereocenters. The van der Waals surface area contributed by atoms with Gasteiger partial charge in [0.2, 0.25) is 5.91 Å². The highest BCUT2D eigenvalue weighted by molar-refractivity contribution is 8.00. The molecule has 122 valence electrons. The van der Waals surface area contributed by atoms with Gasteiger partial charge in [-0.15, -0.1) is 11.8 Å². The van der Waals surface area contributed by atoms with Gasteiger partial charge in [0, 0.05) is 22.6 Å². The normalized spacial score (nSPS) is 11.2. The molecule has 1 aromatic rings. The molecule has 0 spiro atoms. The quantitative estimate of drug-likeness (QED) is 0.490. The van der Waals surface area contributed by atoms with Gasteiger partial charge in [-0.05, 0) is 25.3 Å². The Hall–Kier alpha value is -1.22. The Morgan fingerprint density at radius 3 is 2.27 bits per heavy atom.